The van der Waals surface area contributed by atoms with Crippen LogP contribution in [0, 0.1) is 0 Å². The average Bonchev–Trinajstić information content (AvgIpc) is 2.81. The van der Waals surface area contributed by atoms with E-state index in [9.17, 15) is 0 Å². The summed E-state index contributed by atoms with van der Waals surface area (Å²) in [7, 11) is 0. The molecule has 0 spiro atoms. The van der Waals surface area contributed by atoms with E-state index in [2.05, 4.69) is 10.1 Å². The maximum absolute atomic E-state index is 6.17. The molecule has 6 nitrogen and oxygen atoms in total. The Balaban J connectivity index is 1.79. The molecule has 1 aromatic carbocycles. The number of ether oxygens (including phenoxy) is 2. The second kappa shape index (κ2) is 5.27. The minimum Gasteiger partial charge on any atom is -0.490 e. The van der Waals surface area contributed by atoms with Crippen LogP contribution in [-0.2, 0) is 6.54 Å². The van der Waals surface area contributed by atoms with Crippen LogP contribution in [0.1, 0.15) is 18.0 Å². The summed E-state index contributed by atoms with van der Waals surface area (Å²) in [6.07, 6.45) is 4.05. The van der Waals surface area contributed by atoms with Crippen molar-refractivity contribution >= 4 is 0 Å². The first-order valence-electron chi connectivity index (χ1n) is 6.30. The van der Waals surface area contributed by atoms with Gasteiger partial charge in [0.15, 0.2) is 11.5 Å². The van der Waals surface area contributed by atoms with Gasteiger partial charge in [0.1, 0.15) is 12.7 Å². The van der Waals surface area contributed by atoms with Gasteiger partial charge in [-0.1, -0.05) is 6.07 Å². The third-order valence-electron chi connectivity index (χ3n) is 3.05. The summed E-state index contributed by atoms with van der Waals surface area (Å²) in [5, 5.41) is 4.05. The maximum Gasteiger partial charge on any atom is 0.161 e. The molecule has 2 aromatic rings. The summed E-state index contributed by atoms with van der Waals surface area (Å²) >= 11 is 0. The molecule has 1 atom stereocenters. The van der Waals surface area contributed by atoms with Crippen molar-refractivity contribution in [1.29, 1.82) is 0 Å². The summed E-state index contributed by atoms with van der Waals surface area (Å²) in [6.45, 7) is 1.95. The molecule has 0 radical (unpaired) electrons. The molecule has 2 heterocycles. The second-order valence-corrected chi connectivity index (χ2v) is 4.48. The summed E-state index contributed by atoms with van der Waals surface area (Å²) in [5.74, 6) is 1.55. The monoisotopic (exact) mass is 260 g/mol. The van der Waals surface area contributed by atoms with Crippen molar-refractivity contribution in [2.45, 2.75) is 19.0 Å². The molecule has 0 aliphatic carbocycles. The van der Waals surface area contributed by atoms with Gasteiger partial charge >= 0.3 is 0 Å². The van der Waals surface area contributed by atoms with E-state index < -0.39 is 0 Å². The summed E-state index contributed by atoms with van der Waals surface area (Å²) in [4.78, 5) is 3.90. The van der Waals surface area contributed by atoms with Crippen molar-refractivity contribution in [2.75, 3.05) is 13.2 Å². The van der Waals surface area contributed by atoms with E-state index in [0.717, 1.165) is 23.5 Å². The van der Waals surface area contributed by atoms with Gasteiger partial charge in [0.25, 0.3) is 0 Å². The zero-order chi connectivity index (χ0) is 13.1. The lowest BCUT2D eigenvalue weighted by atomic mass is 10.1. The normalized spacial score (nSPS) is 15.8. The SMILES string of the molecule is NC(Cn1cncn1)c1ccc2c(c1)OCCCO2. The quantitative estimate of drug-likeness (QED) is 0.895. The minimum atomic E-state index is -0.154. The Morgan fingerprint density at radius 2 is 2.11 bits per heavy atom. The molecule has 2 N–H and O–H groups in total. The predicted octanol–water partition coefficient (Wildman–Crippen LogP) is 1.14. The molecule has 1 aromatic heterocycles. The second-order valence-electron chi connectivity index (χ2n) is 4.48. The molecule has 3 rings (SSSR count). The molecule has 1 aliphatic rings. The smallest absolute Gasteiger partial charge is 0.161 e. The highest BCUT2D eigenvalue weighted by molar-refractivity contribution is 5.44. The largest absolute Gasteiger partial charge is 0.490 e. The molecule has 0 saturated heterocycles. The molecule has 100 valence electrons. The molecule has 1 unspecified atom stereocenters. The first kappa shape index (κ1) is 12.0. The van der Waals surface area contributed by atoms with E-state index in [1.807, 2.05) is 18.2 Å². The van der Waals surface area contributed by atoms with Crippen molar-refractivity contribution in [1.82, 2.24) is 14.8 Å². The van der Waals surface area contributed by atoms with Gasteiger partial charge < -0.3 is 15.2 Å². The van der Waals surface area contributed by atoms with Crippen LogP contribution < -0.4 is 15.2 Å². The Morgan fingerprint density at radius 1 is 1.26 bits per heavy atom. The molecular weight excluding hydrogens is 244 g/mol. The Labute approximate surface area is 111 Å². The fourth-order valence-electron chi connectivity index (χ4n) is 2.04. The molecule has 0 saturated carbocycles. The predicted molar refractivity (Wildman–Crippen MR) is 69.0 cm³/mol. The minimum absolute atomic E-state index is 0.154. The number of benzene rings is 1. The van der Waals surface area contributed by atoms with Crippen molar-refractivity contribution in [3.05, 3.63) is 36.4 Å². The van der Waals surface area contributed by atoms with Crippen LogP contribution >= 0.6 is 0 Å². The maximum atomic E-state index is 6.17. The lowest BCUT2D eigenvalue weighted by Gasteiger charge is -2.14. The van der Waals surface area contributed by atoms with Gasteiger partial charge in [-0.3, -0.25) is 4.68 Å². The molecule has 19 heavy (non-hydrogen) atoms. The van der Waals surface area contributed by atoms with Crippen LogP contribution in [0.4, 0.5) is 0 Å². The summed E-state index contributed by atoms with van der Waals surface area (Å²) < 4.78 is 13.0. The van der Waals surface area contributed by atoms with Gasteiger partial charge in [-0.05, 0) is 17.7 Å². The van der Waals surface area contributed by atoms with Crippen molar-refractivity contribution < 1.29 is 9.47 Å². The van der Waals surface area contributed by atoms with Gasteiger partial charge in [0, 0.05) is 12.5 Å². The molecule has 0 amide bonds. The van der Waals surface area contributed by atoms with Gasteiger partial charge in [-0.15, -0.1) is 0 Å². The Kier molecular flexibility index (Phi) is 3.33. The Morgan fingerprint density at radius 3 is 2.89 bits per heavy atom. The molecule has 0 fully saturated rings. The fourth-order valence-corrected chi connectivity index (χ4v) is 2.04. The summed E-state index contributed by atoms with van der Waals surface area (Å²) in [5.41, 5.74) is 7.17. The zero-order valence-electron chi connectivity index (χ0n) is 10.5. The van der Waals surface area contributed by atoms with Crippen LogP contribution in [0.25, 0.3) is 0 Å². The van der Waals surface area contributed by atoms with Crippen molar-refractivity contribution in [3.8, 4) is 11.5 Å². The van der Waals surface area contributed by atoms with Crippen molar-refractivity contribution in [3.63, 3.8) is 0 Å². The lowest BCUT2D eigenvalue weighted by Crippen LogP contribution is -2.18. The van der Waals surface area contributed by atoms with Crippen LogP contribution in [0.3, 0.4) is 0 Å². The first-order chi connectivity index (χ1) is 9.33. The third kappa shape index (κ3) is 2.68. The number of hydrogen-bond donors (Lipinski definition) is 1. The van der Waals surface area contributed by atoms with Gasteiger partial charge in [-0.2, -0.15) is 5.10 Å². The lowest BCUT2D eigenvalue weighted by molar-refractivity contribution is 0.297. The topological polar surface area (TPSA) is 75.2 Å². The summed E-state index contributed by atoms with van der Waals surface area (Å²) in [6, 6.07) is 5.67. The average molecular weight is 260 g/mol. The number of fused-ring (bicyclic) bond motifs is 1. The highest BCUT2D eigenvalue weighted by Crippen LogP contribution is 2.32. The van der Waals surface area contributed by atoms with Crippen molar-refractivity contribution in [2.24, 2.45) is 5.73 Å². The van der Waals surface area contributed by atoms with Crippen LogP contribution in [-0.4, -0.2) is 28.0 Å². The molecule has 6 heteroatoms. The van der Waals surface area contributed by atoms with Gasteiger partial charge in [0.2, 0.25) is 0 Å². The highest BCUT2D eigenvalue weighted by atomic mass is 16.5. The van der Waals surface area contributed by atoms with E-state index in [-0.39, 0.29) is 6.04 Å². The Bertz CT molecular complexity index is 542. The van der Waals surface area contributed by atoms with E-state index in [1.54, 1.807) is 11.0 Å². The fraction of sp³-hybridized carbons (Fsp3) is 0.385. The molecular formula is C13H16N4O2. The Hall–Kier alpha value is -2.08. The number of hydrogen-bond acceptors (Lipinski definition) is 5. The molecule has 1 aliphatic heterocycles. The van der Waals surface area contributed by atoms with Crippen LogP contribution in [0.2, 0.25) is 0 Å². The zero-order valence-corrected chi connectivity index (χ0v) is 10.5. The van der Waals surface area contributed by atoms with E-state index >= 15 is 0 Å². The first-order valence-corrected chi connectivity index (χ1v) is 6.30. The number of nitrogens with zero attached hydrogens (tertiary/aromatic N) is 3. The third-order valence-corrected chi connectivity index (χ3v) is 3.05. The molecule has 0 bridgehead atoms. The highest BCUT2D eigenvalue weighted by Gasteiger charge is 2.14. The van der Waals surface area contributed by atoms with Crippen LogP contribution in [0.15, 0.2) is 30.9 Å². The van der Waals surface area contributed by atoms with Gasteiger partial charge in [-0.25, -0.2) is 4.98 Å². The van der Waals surface area contributed by atoms with Gasteiger partial charge in [0.05, 0.1) is 19.8 Å². The number of aromatic nitrogens is 3. The van der Waals surface area contributed by atoms with E-state index in [0.29, 0.717) is 19.8 Å². The van der Waals surface area contributed by atoms with Crippen LogP contribution in [0.5, 0.6) is 11.5 Å². The van der Waals surface area contributed by atoms with E-state index in [4.69, 9.17) is 15.2 Å². The number of rotatable bonds is 3. The van der Waals surface area contributed by atoms with E-state index in [1.165, 1.54) is 6.33 Å². The standard InChI is InChI=1S/C13H16N4O2/c14-11(7-17-9-15-8-16-17)10-2-3-12-13(6-10)19-5-1-4-18-12/h2-3,6,8-9,11H,1,4-5,7,14H2. The number of nitrogens with two attached hydrogens (primary N) is 1.